The van der Waals surface area contributed by atoms with Crippen LogP contribution >= 0.6 is 0 Å². The Morgan fingerprint density at radius 1 is 1.24 bits per heavy atom. The lowest BCUT2D eigenvalue weighted by atomic mass is 10.1. The van der Waals surface area contributed by atoms with Gasteiger partial charge in [0.1, 0.15) is 0 Å². The zero-order valence-electron chi connectivity index (χ0n) is 13.1. The fourth-order valence-electron chi connectivity index (χ4n) is 2.34. The second kappa shape index (κ2) is 5.86. The first-order chi connectivity index (χ1) is 12.1. The average Bonchev–Trinajstić information content (AvgIpc) is 3.25. The maximum Gasteiger partial charge on any atom is 0.378 e. The summed E-state index contributed by atoms with van der Waals surface area (Å²) in [6, 6.07) is 6.50. The van der Waals surface area contributed by atoms with Crippen LogP contribution in [0.3, 0.4) is 0 Å². The Kier molecular flexibility index (Phi) is 3.53. The van der Waals surface area contributed by atoms with Crippen molar-refractivity contribution in [2.75, 3.05) is 13.4 Å². The molecule has 2 aromatic heterocycles. The van der Waals surface area contributed by atoms with E-state index in [9.17, 15) is 9.59 Å². The van der Waals surface area contributed by atoms with Gasteiger partial charge in [0.15, 0.2) is 23.9 Å². The number of rotatable bonds is 4. The molecule has 3 heterocycles. The van der Waals surface area contributed by atoms with Crippen LogP contribution in [0, 0.1) is 6.92 Å². The van der Waals surface area contributed by atoms with Gasteiger partial charge >= 0.3 is 5.97 Å². The molecule has 4 rings (SSSR count). The largest absolute Gasteiger partial charge is 0.454 e. The van der Waals surface area contributed by atoms with Crippen molar-refractivity contribution in [1.82, 2.24) is 19.6 Å². The van der Waals surface area contributed by atoms with E-state index < -0.39 is 12.6 Å². The minimum absolute atomic E-state index is 0.120. The molecule has 0 radical (unpaired) electrons. The van der Waals surface area contributed by atoms with Gasteiger partial charge < -0.3 is 14.2 Å². The summed E-state index contributed by atoms with van der Waals surface area (Å²) >= 11 is 0. The standard InChI is InChI=1S/C16H12N4O5/c1-9-4-5-17-16-18-14(19-20(9)16)15(22)23-7-11(21)10-2-3-12-13(6-10)25-8-24-12/h2-6H,7-8H2,1H3. The molecular weight excluding hydrogens is 328 g/mol. The number of aromatic nitrogens is 4. The van der Waals surface area contributed by atoms with Crippen LogP contribution in [0.1, 0.15) is 26.7 Å². The van der Waals surface area contributed by atoms with Gasteiger partial charge in [-0.15, -0.1) is 5.10 Å². The lowest BCUT2D eigenvalue weighted by Crippen LogP contribution is -2.15. The molecule has 9 nitrogen and oxygen atoms in total. The van der Waals surface area contributed by atoms with E-state index in [1.807, 2.05) is 6.92 Å². The molecule has 0 saturated heterocycles. The number of ether oxygens (including phenoxy) is 3. The molecule has 0 N–H and O–H groups in total. The van der Waals surface area contributed by atoms with Gasteiger partial charge in [0.25, 0.3) is 11.6 Å². The van der Waals surface area contributed by atoms with Crippen LogP contribution in [0.5, 0.6) is 11.5 Å². The lowest BCUT2D eigenvalue weighted by molar-refractivity contribution is 0.0463. The zero-order chi connectivity index (χ0) is 17.4. The summed E-state index contributed by atoms with van der Waals surface area (Å²) in [4.78, 5) is 32.2. The van der Waals surface area contributed by atoms with E-state index in [0.717, 1.165) is 5.69 Å². The van der Waals surface area contributed by atoms with Crippen LogP contribution in [0.15, 0.2) is 30.5 Å². The van der Waals surface area contributed by atoms with Crippen molar-refractivity contribution >= 4 is 17.5 Å². The van der Waals surface area contributed by atoms with Gasteiger partial charge in [0.05, 0.1) is 0 Å². The Hall–Kier alpha value is -3.49. The highest BCUT2D eigenvalue weighted by molar-refractivity contribution is 5.99. The maximum absolute atomic E-state index is 12.2. The summed E-state index contributed by atoms with van der Waals surface area (Å²) in [5.41, 5.74) is 1.13. The normalized spacial score (nSPS) is 12.4. The minimum atomic E-state index is -0.793. The lowest BCUT2D eigenvalue weighted by Gasteiger charge is -2.03. The van der Waals surface area contributed by atoms with E-state index in [0.29, 0.717) is 17.1 Å². The minimum Gasteiger partial charge on any atom is -0.454 e. The van der Waals surface area contributed by atoms with Gasteiger partial charge in [-0.05, 0) is 31.2 Å². The van der Waals surface area contributed by atoms with Gasteiger partial charge in [-0.2, -0.15) is 4.98 Å². The molecule has 126 valence electrons. The van der Waals surface area contributed by atoms with Crippen LogP contribution in [-0.4, -0.2) is 44.7 Å². The molecule has 0 fully saturated rings. The summed E-state index contributed by atoms with van der Waals surface area (Å²) in [6.07, 6.45) is 1.57. The molecule has 0 unspecified atom stereocenters. The van der Waals surface area contributed by atoms with Gasteiger partial charge in [-0.1, -0.05) is 0 Å². The number of ketones is 1. The Labute approximate surface area is 141 Å². The Balaban J connectivity index is 1.45. The van der Waals surface area contributed by atoms with Crippen molar-refractivity contribution in [3.8, 4) is 11.5 Å². The van der Waals surface area contributed by atoms with Crippen LogP contribution in [0.2, 0.25) is 0 Å². The second-order valence-electron chi connectivity index (χ2n) is 5.30. The molecule has 0 amide bonds. The molecule has 9 heteroatoms. The van der Waals surface area contributed by atoms with E-state index in [1.165, 1.54) is 4.52 Å². The number of benzene rings is 1. The molecule has 0 bridgehead atoms. The quantitative estimate of drug-likeness (QED) is 0.515. The number of Topliss-reactive ketones (excluding diaryl/α,β-unsaturated/α-hetero) is 1. The van der Waals surface area contributed by atoms with Crippen molar-refractivity contribution in [1.29, 1.82) is 0 Å². The third-order valence-electron chi connectivity index (χ3n) is 3.64. The third kappa shape index (κ3) is 2.75. The van der Waals surface area contributed by atoms with Crippen LogP contribution in [0.25, 0.3) is 5.78 Å². The van der Waals surface area contributed by atoms with Crippen molar-refractivity contribution in [3.63, 3.8) is 0 Å². The van der Waals surface area contributed by atoms with Gasteiger partial charge in [-0.3, -0.25) is 4.79 Å². The molecule has 0 aliphatic carbocycles. The summed E-state index contributed by atoms with van der Waals surface area (Å²) in [5.74, 6) is 0.0316. The number of hydrogen-bond donors (Lipinski definition) is 0. The number of hydrogen-bond acceptors (Lipinski definition) is 8. The molecule has 25 heavy (non-hydrogen) atoms. The fraction of sp³-hybridized carbons (Fsp3) is 0.188. The number of esters is 1. The first kappa shape index (κ1) is 15.1. The predicted octanol–water partition coefficient (Wildman–Crippen LogP) is 1.20. The van der Waals surface area contributed by atoms with Crippen LogP contribution in [-0.2, 0) is 4.74 Å². The average molecular weight is 340 g/mol. The number of carbonyl (C=O) groups excluding carboxylic acids is 2. The Bertz CT molecular complexity index is 997. The van der Waals surface area contributed by atoms with E-state index in [2.05, 4.69) is 15.1 Å². The van der Waals surface area contributed by atoms with E-state index in [4.69, 9.17) is 14.2 Å². The Morgan fingerprint density at radius 2 is 2.08 bits per heavy atom. The Morgan fingerprint density at radius 3 is 2.92 bits per heavy atom. The van der Waals surface area contributed by atoms with Crippen LogP contribution in [0.4, 0.5) is 0 Å². The van der Waals surface area contributed by atoms with Crippen molar-refractivity contribution < 1.29 is 23.8 Å². The molecule has 1 aliphatic heterocycles. The molecule has 0 spiro atoms. The molecule has 0 saturated carbocycles. The SMILES string of the molecule is Cc1ccnc2nc(C(=O)OCC(=O)c3ccc4c(c3)OCO4)nn12. The summed E-state index contributed by atoms with van der Waals surface area (Å²) < 4.78 is 16.8. The van der Waals surface area contributed by atoms with Crippen molar-refractivity contribution in [3.05, 3.63) is 47.5 Å². The van der Waals surface area contributed by atoms with E-state index >= 15 is 0 Å². The van der Waals surface area contributed by atoms with Crippen molar-refractivity contribution in [2.24, 2.45) is 0 Å². The highest BCUT2D eigenvalue weighted by atomic mass is 16.7. The first-order valence-electron chi connectivity index (χ1n) is 7.40. The molecule has 1 aromatic carbocycles. The number of nitrogens with zero attached hydrogens (tertiary/aromatic N) is 4. The highest BCUT2D eigenvalue weighted by Crippen LogP contribution is 2.32. The number of aryl methyl sites for hydroxylation is 1. The van der Waals surface area contributed by atoms with Crippen LogP contribution < -0.4 is 9.47 Å². The molecule has 0 atom stereocenters. The van der Waals surface area contributed by atoms with Gasteiger partial charge in [0.2, 0.25) is 6.79 Å². The highest BCUT2D eigenvalue weighted by Gasteiger charge is 2.20. The third-order valence-corrected chi connectivity index (χ3v) is 3.64. The monoisotopic (exact) mass is 340 g/mol. The fourth-order valence-corrected chi connectivity index (χ4v) is 2.34. The number of carbonyl (C=O) groups is 2. The van der Waals surface area contributed by atoms with Gasteiger partial charge in [0, 0.05) is 17.5 Å². The molecule has 3 aromatic rings. The smallest absolute Gasteiger partial charge is 0.378 e. The topological polar surface area (TPSA) is 105 Å². The van der Waals surface area contributed by atoms with Gasteiger partial charge in [-0.25, -0.2) is 14.3 Å². The number of fused-ring (bicyclic) bond motifs is 2. The van der Waals surface area contributed by atoms with Crippen molar-refractivity contribution in [2.45, 2.75) is 6.92 Å². The second-order valence-corrected chi connectivity index (χ2v) is 5.30. The predicted molar refractivity (Wildman–Crippen MR) is 82.7 cm³/mol. The molecule has 1 aliphatic rings. The maximum atomic E-state index is 12.2. The first-order valence-corrected chi connectivity index (χ1v) is 7.40. The summed E-state index contributed by atoms with van der Waals surface area (Å²) in [7, 11) is 0. The summed E-state index contributed by atoms with van der Waals surface area (Å²) in [6.45, 7) is 1.50. The van der Waals surface area contributed by atoms with E-state index in [-0.39, 0.29) is 24.2 Å². The summed E-state index contributed by atoms with van der Waals surface area (Å²) in [5, 5.41) is 4.03. The molecular formula is C16H12N4O5. The zero-order valence-corrected chi connectivity index (χ0v) is 13.1. The van der Waals surface area contributed by atoms with E-state index in [1.54, 1.807) is 30.5 Å².